The standard InChI is InChI=1S/C11H14BrNS/c12-10-7-3-1-5-9(7)14-11(10)8-4-2-6-13-8/h8,13H,1-6H2. The van der Waals surface area contributed by atoms with Gasteiger partial charge in [0.1, 0.15) is 0 Å². The van der Waals surface area contributed by atoms with Gasteiger partial charge in [-0.15, -0.1) is 11.3 Å². The number of nitrogens with one attached hydrogen (secondary N) is 1. The fraction of sp³-hybridized carbons (Fsp3) is 0.636. The molecular formula is C11H14BrNS. The molecule has 3 rings (SSSR count). The van der Waals surface area contributed by atoms with Crippen molar-refractivity contribution >= 4 is 27.3 Å². The molecule has 1 saturated heterocycles. The minimum absolute atomic E-state index is 0.639. The van der Waals surface area contributed by atoms with Crippen molar-refractivity contribution in [1.82, 2.24) is 5.32 Å². The predicted molar refractivity (Wildman–Crippen MR) is 64.0 cm³/mol. The van der Waals surface area contributed by atoms with Gasteiger partial charge in [-0.2, -0.15) is 0 Å². The average Bonchev–Trinajstić information content (AvgIpc) is 2.84. The Labute approximate surface area is 97.0 Å². The molecule has 0 saturated carbocycles. The van der Waals surface area contributed by atoms with Crippen LogP contribution in [0.4, 0.5) is 0 Å². The average molecular weight is 272 g/mol. The van der Waals surface area contributed by atoms with Crippen molar-refractivity contribution < 1.29 is 0 Å². The molecule has 2 heterocycles. The molecule has 76 valence electrons. The van der Waals surface area contributed by atoms with Gasteiger partial charge in [-0.05, 0) is 60.1 Å². The molecule has 1 atom stereocenters. The molecule has 1 aromatic rings. The summed E-state index contributed by atoms with van der Waals surface area (Å²) in [4.78, 5) is 3.20. The van der Waals surface area contributed by atoms with Gasteiger partial charge in [-0.1, -0.05) is 0 Å². The highest BCUT2D eigenvalue weighted by molar-refractivity contribution is 9.10. The van der Waals surface area contributed by atoms with E-state index < -0.39 is 0 Å². The van der Waals surface area contributed by atoms with E-state index in [9.17, 15) is 0 Å². The molecule has 1 aliphatic heterocycles. The maximum absolute atomic E-state index is 3.78. The van der Waals surface area contributed by atoms with Crippen LogP contribution in [0.1, 0.15) is 40.6 Å². The molecule has 2 aliphatic rings. The van der Waals surface area contributed by atoms with Crippen LogP contribution in [0.25, 0.3) is 0 Å². The van der Waals surface area contributed by atoms with E-state index in [1.165, 1.54) is 43.1 Å². The first kappa shape index (κ1) is 9.37. The third kappa shape index (κ3) is 1.37. The van der Waals surface area contributed by atoms with Gasteiger partial charge in [0.05, 0.1) is 0 Å². The van der Waals surface area contributed by atoms with Crippen LogP contribution in [-0.2, 0) is 12.8 Å². The number of thiophene rings is 1. The first-order valence-corrected chi connectivity index (χ1v) is 7.00. The van der Waals surface area contributed by atoms with Crippen LogP contribution in [0.3, 0.4) is 0 Å². The summed E-state index contributed by atoms with van der Waals surface area (Å²) in [6.07, 6.45) is 6.61. The van der Waals surface area contributed by atoms with E-state index in [1.807, 2.05) is 11.3 Å². The van der Waals surface area contributed by atoms with Gasteiger partial charge < -0.3 is 5.32 Å². The van der Waals surface area contributed by atoms with Crippen LogP contribution < -0.4 is 5.32 Å². The van der Waals surface area contributed by atoms with E-state index in [0.29, 0.717) is 6.04 Å². The van der Waals surface area contributed by atoms with Gasteiger partial charge >= 0.3 is 0 Å². The number of rotatable bonds is 1. The zero-order valence-corrected chi connectivity index (χ0v) is 10.5. The van der Waals surface area contributed by atoms with E-state index in [0.717, 1.165) is 0 Å². The summed E-state index contributed by atoms with van der Waals surface area (Å²) in [6, 6.07) is 0.639. The first-order chi connectivity index (χ1) is 6.86. The minimum atomic E-state index is 0.639. The molecule has 1 aromatic heterocycles. The number of aryl methyl sites for hydroxylation is 1. The van der Waals surface area contributed by atoms with E-state index in [1.54, 1.807) is 15.3 Å². The van der Waals surface area contributed by atoms with Gasteiger partial charge in [0, 0.05) is 20.3 Å². The van der Waals surface area contributed by atoms with E-state index in [2.05, 4.69) is 21.2 Å². The van der Waals surface area contributed by atoms with Crippen molar-refractivity contribution in [3.8, 4) is 0 Å². The molecule has 0 amide bonds. The van der Waals surface area contributed by atoms with Gasteiger partial charge in [0.15, 0.2) is 0 Å². The molecule has 1 N–H and O–H groups in total. The second-order valence-electron chi connectivity index (χ2n) is 4.18. The monoisotopic (exact) mass is 271 g/mol. The van der Waals surface area contributed by atoms with E-state index in [4.69, 9.17) is 0 Å². The van der Waals surface area contributed by atoms with Crippen molar-refractivity contribution in [3.05, 3.63) is 19.8 Å². The van der Waals surface area contributed by atoms with Crippen LogP contribution in [0.5, 0.6) is 0 Å². The second kappa shape index (κ2) is 3.62. The Balaban J connectivity index is 1.98. The maximum Gasteiger partial charge on any atom is 0.0426 e. The van der Waals surface area contributed by atoms with Crippen molar-refractivity contribution in [2.45, 2.75) is 38.1 Å². The topological polar surface area (TPSA) is 12.0 Å². The lowest BCUT2D eigenvalue weighted by atomic mass is 10.1. The normalized spacial score (nSPS) is 25.6. The van der Waals surface area contributed by atoms with Crippen LogP contribution in [-0.4, -0.2) is 6.54 Å². The molecular weight excluding hydrogens is 258 g/mol. The zero-order chi connectivity index (χ0) is 9.54. The largest absolute Gasteiger partial charge is 0.309 e. The summed E-state index contributed by atoms with van der Waals surface area (Å²) < 4.78 is 1.43. The Morgan fingerprint density at radius 3 is 2.93 bits per heavy atom. The summed E-state index contributed by atoms with van der Waals surface area (Å²) in [6.45, 7) is 1.19. The molecule has 0 radical (unpaired) electrons. The molecule has 1 nitrogen and oxygen atoms in total. The number of hydrogen-bond donors (Lipinski definition) is 1. The second-order valence-corrected chi connectivity index (χ2v) is 6.11. The van der Waals surface area contributed by atoms with Gasteiger partial charge in [0.25, 0.3) is 0 Å². The lowest BCUT2D eigenvalue weighted by molar-refractivity contribution is 0.656. The molecule has 1 unspecified atom stereocenters. The maximum atomic E-state index is 3.78. The Kier molecular flexibility index (Phi) is 2.42. The smallest absolute Gasteiger partial charge is 0.0426 e. The van der Waals surface area contributed by atoms with Gasteiger partial charge in [-0.3, -0.25) is 0 Å². The predicted octanol–water partition coefficient (Wildman–Crippen LogP) is 3.42. The summed E-state index contributed by atoms with van der Waals surface area (Å²) >= 11 is 5.82. The lowest BCUT2D eigenvalue weighted by Gasteiger charge is -2.08. The molecule has 1 aliphatic carbocycles. The molecule has 3 heteroatoms. The lowest BCUT2D eigenvalue weighted by Crippen LogP contribution is -2.11. The van der Waals surface area contributed by atoms with Crippen molar-refractivity contribution in [2.24, 2.45) is 0 Å². The zero-order valence-electron chi connectivity index (χ0n) is 8.11. The van der Waals surface area contributed by atoms with Crippen LogP contribution in [0, 0.1) is 0 Å². The molecule has 1 fully saturated rings. The fourth-order valence-electron chi connectivity index (χ4n) is 2.52. The molecule has 0 spiro atoms. The third-order valence-corrected chi connectivity index (χ3v) is 5.83. The highest BCUT2D eigenvalue weighted by atomic mass is 79.9. The Hall–Kier alpha value is 0.140. The summed E-state index contributed by atoms with van der Waals surface area (Å²) in [5.74, 6) is 0. The summed E-state index contributed by atoms with van der Waals surface area (Å²) in [5, 5.41) is 3.58. The molecule has 14 heavy (non-hydrogen) atoms. The number of hydrogen-bond acceptors (Lipinski definition) is 2. The van der Waals surface area contributed by atoms with Gasteiger partial charge in [0.2, 0.25) is 0 Å². The van der Waals surface area contributed by atoms with Crippen LogP contribution >= 0.6 is 27.3 Å². The SMILES string of the molecule is Brc1c(C2CCCN2)sc2c1CCC2. The van der Waals surface area contributed by atoms with Crippen molar-refractivity contribution in [1.29, 1.82) is 0 Å². The minimum Gasteiger partial charge on any atom is -0.309 e. The first-order valence-electron chi connectivity index (χ1n) is 5.39. The van der Waals surface area contributed by atoms with Crippen molar-refractivity contribution in [3.63, 3.8) is 0 Å². The Morgan fingerprint density at radius 2 is 2.21 bits per heavy atom. The van der Waals surface area contributed by atoms with Crippen LogP contribution in [0.15, 0.2) is 4.47 Å². The number of fused-ring (bicyclic) bond motifs is 1. The summed E-state index contributed by atoms with van der Waals surface area (Å²) in [7, 11) is 0. The molecule has 0 aromatic carbocycles. The Morgan fingerprint density at radius 1 is 1.29 bits per heavy atom. The fourth-order valence-corrected chi connectivity index (χ4v) is 5.00. The highest BCUT2D eigenvalue weighted by Crippen LogP contribution is 2.43. The molecule has 0 bridgehead atoms. The highest BCUT2D eigenvalue weighted by Gasteiger charge is 2.26. The van der Waals surface area contributed by atoms with Crippen molar-refractivity contribution in [2.75, 3.05) is 6.54 Å². The number of halogens is 1. The Bertz CT molecular complexity index is 352. The quantitative estimate of drug-likeness (QED) is 0.826. The van der Waals surface area contributed by atoms with E-state index >= 15 is 0 Å². The summed E-state index contributed by atoms with van der Waals surface area (Å²) in [5.41, 5.74) is 1.61. The van der Waals surface area contributed by atoms with Crippen LogP contribution in [0.2, 0.25) is 0 Å². The van der Waals surface area contributed by atoms with Gasteiger partial charge in [-0.25, -0.2) is 0 Å². The van der Waals surface area contributed by atoms with E-state index in [-0.39, 0.29) is 0 Å². The third-order valence-electron chi connectivity index (χ3n) is 3.26.